The minimum Gasteiger partial charge on any atom is -0.410 e. The topological polar surface area (TPSA) is 42.4 Å². The van der Waals surface area contributed by atoms with Gasteiger partial charge in [-0.1, -0.05) is 66.7 Å². The Morgan fingerprint density at radius 2 is 1.54 bits per heavy atom. The summed E-state index contributed by atoms with van der Waals surface area (Å²) in [5, 5.41) is 7.59. The quantitative estimate of drug-likeness (QED) is 0.270. The molecule has 4 aromatic carbocycles. The molecule has 0 aliphatic heterocycles. The van der Waals surface area contributed by atoms with Gasteiger partial charge in [0.15, 0.2) is 0 Å². The number of aromatic nitrogens is 1. The first-order valence-corrected chi connectivity index (χ1v) is 12.3. The van der Waals surface area contributed by atoms with Crippen molar-refractivity contribution in [2.24, 2.45) is 0 Å². The molecule has 0 fully saturated rings. The van der Waals surface area contributed by atoms with Crippen molar-refractivity contribution >= 4 is 38.4 Å². The van der Waals surface area contributed by atoms with Crippen LogP contribution in [-0.4, -0.2) is 30.1 Å². The number of hydrogen-bond donors (Lipinski definition) is 0. The Morgan fingerprint density at radius 1 is 0.829 bits per heavy atom. The summed E-state index contributed by atoms with van der Waals surface area (Å²) in [4.78, 5) is 18.7. The molecule has 5 aromatic rings. The third kappa shape index (κ3) is 3.99. The van der Waals surface area contributed by atoms with Crippen LogP contribution in [0.4, 0.5) is 4.79 Å². The van der Waals surface area contributed by atoms with Crippen LogP contribution in [0, 0.1) is 0 Å². The summed E-state index contributed by atoms with van der Waals surface area (Å²) in [5.74, 6) is 0.669. The smallest absolute Gasteiger partial charge is 0.410 e. The normalized spacial score (nSPS) is 13.2. The zero-order valence-electron chi connectivity index (χ0n) is 20.2. The Hall–Kier alpha value is -3.92. The lowest BCUT2D eigenvalue weighted by molar-refractivity contribution is 0.171. The van der Waals surface area contributed by atoms with Gasteiger partial charge in [0.05, 0.1) is 0 Å². The number of hydrogen-bond acceptors (Lipinski definition) is 3. The van der Waals surface area contributed by atoms with Gasteiger partial charge in [0.25, 0.3) is 0 Å². The van der Waals surface area contributed by atoms with Crippen LogP contribution in [-0.2, 0) is 19.3 Å². The van der Waals surface area contributed by atoms with E-state index in [2.05, 4.69) is 66.7 Å². The second-order valence-electron chi connectivity index (χ2n) is 9.69. The lowest BCUT2D eigenvalue weighted by atomic mass is 9.93. The third-order valence-corrected chi connectivity index (χ3v) is 7.07. The van der Waals surface area contributed by atoms with Crippen molar-refractivity contribution in [1.82, 2.24) is 9.88 Å². The number of amides is 1. The van der Waals surface area contributed by atoms with Crippen molar-refractivity contribution in [2.75, 3.05) is 14.1 Å². The number of carbonyl (C=O) groups is 1. The standard InChI is InChI=1S/C31H28N2O2/c1-33(2)31(34)35-30-19-23(32-29-10-6-5-9-28(29)30)18-20-11-14-25-22(17-20)13-16-26-24-8-4-3-7-21(24)12-15-27(25)26/h3-4,7-8,11-17,19H,5-6,9-10,18H2,1-2H3. The largest absolute Gasteiger partial charge is 0.414 e. The molecule has 174 valence electrons. The lowest BCUT2D eigenvalue weighted by Crippen LogP contribution is -2.26. The molecule has 1 heterocycles. The molecule has 0 unspecified atom stereocenters. The minimum atomic E-state index is -0.347. The highest BCUT2D eigenvalue weighted by molar-refractivity contribution is 6.17. The molecule has 1 amide bonds. The average Bonchev–Trinajstić information content (AvgIpc) is 2.88. The van der Waals surface area contributed by atoms with E-state index in [1.165, 1.54) is 42.8 Å². The highest BCUT2D eigenvalue weighted by Crippen LogP contribution is 2.33. The summed E-state index contributed by atoms with van der Waals surface area (Å²) < 4.78 is 5.75. The number of rotatable bonds is 3. The van der Waals surface area contributed by atoms with E-state index in [1.54, 1.807) is 14.1 Å². The minimum absolute atomic E-state index is 0.347. The molecular formula is C31H28N2O2. The first-order chi connectivity index (χ1) is 17.1. The van der Waals surface area contributed by atoms with Crippen LogP contribution in [0.25, 0.3) is 32.3 Å². The molecule has 4 nitrogen and oxygen atoms in total. The predicted molar refractivity (Wildman–Crippen MR) is 142 cm³/mol. The van der Waals surface area contributed by atoms with Gasteiger partial charge in [-0.3, -0.25) is 4.98 Å². The zero-order valence-corrected chi connectivity index (χ0v) is 20.2. The van der Waals surface area contributed by atoms with Crippen LogP contribution in [0.5, 0.6) is 5.75 Å². The van der Waals surface area contributed by atoms with Gasteiger partial charge in [-0.05, 0) is 63.6 Å². The van der Waals surface area contributed by atoms with Crippen LogP contribution < -0.4 is 4.74 Å². The highest BCUT2D eigenvalue weighted by Gasteiger charge is 2.20. The lowest BCUT2D eigenvalue weighted by Gasteiger charge is -2.21. The van der Waals surface area contributed by atoms with E-state index in [9.17, 15) is 4.79 Å². The second-order valence-corrected chi connectivity index (χ2v) is 9.69. The van der Waals surface area contributed by atoms with Crippen molar-refractivity contribution < 1.29 is 9.53 Å². The molecule has 4 heteroatoms. The predicted octanol–water partition coefficient (Wildman–Crippen LogP) is 7.07. The van der Waals surface area contributed by atoms with Crippen molar-refractivity contribution in [3.63, 3.8) is 0 Å². The molecule has 0 bridgehead atoms. The zero-order chi connectivity index (χ0) is 23.9. The molecule has 35 heavy (non-hydrogen) atoms. The number of benzene rings is 4. The SMILES string of the molecule is CN(C)C(=O)Oc1cc(Cc2ccc3c(ccc4c5ccccc5ccc34)c2)nc2c1CCCC2. The Morgan fingerprint density at radius 3 is 2.37 bits per heavy atom. The summed E-state index contributed by atoms with van der Waals surface area (Å²) >= 11 is 0. The number of ether oxygens (including phenoxy) is 1. The van der Waals surface area contributed by atoms with Gasteiger partial charge in [-0.2, -0.15) is 0 Å². The first-order valence-electron chi connectivity index (χ1n) is 12.3. The average molecular weight is 461 g/mol. The molecule has 1 aliphatic carbocycles. The molecule has 6 rings (SSSR count). The van der Waals surface area contributed by atoms with Gasteiger partial charge >= 0.3 is 6.09 Å². The van der Waals surface area contributed by atoms with Crippen LogP contribution >= 0.6 is 0 Å². The van der Waals surface area contributed by atoms with Crippen molar-refractivity contribution in [3.8, 4) is 5.75 Å². The van der Waals surface area contributed by atoms with Crippen molar-refractivity contribution in [1.29, 1.82) is 0 Å². The van der Waals surface area contributed by atoms with E-state index in [-0.39, 0.29) is 6.09 Å². The van der Waals surface area contributed by atoms with Crippen molar-refractivity contribution in [3.05, 3.63) is 95.3 Å². The summed E-state index contributed by atoms with van der Waals surface area (Å²) in [6.07, 6.45) is 4.44. The summed E-state index contributed by atoms with van der Waals surface area (Å²) in [6, 6.07) is 26.1. The van der Waals surface area contributed by atoms with Gasteiger partial charge in [-0.25, -0.2) is 4.79 Å². The molecule has 0 spiro atoms. The van der Waals surface area contributed by atoms with E-state index in [4.69, 9.17) is 9.72 Å². The maximum absolute atomic E-state index is 12.3. The van der Waals surface area contributed by atoms with Gasteiger partial charge < -0.3 is 9.64 Å². The Balaban J connectivity index is 1.38. The molecule has 0 N–H and O–H groups in total. The first kappa shape index (κ1) is 21.6. The number of fused-ring (bicyclic) bond motifs is 6. The molecule has 0 saturated heterocycles. The van der Waals surface area contributed by atoms with Gasteiger partial charge in [-0.15, -0.1) is 0 Å². The van der Waals surface area contributed by atoms with Crippen LogP contribution in [0.15, 0.2) is 72.8 Å². The number of nitrogens with zero attached hydrogens (tertiary/aromatic N) is 2. The van der Waals surface area contributed by atoms with E-state index in [1.807, 2.05) is 6.07 Å². The summed E-state index contributed by atoms with van der Waals surface area (Å²) in [7, 11) is 3.41. The molecule has 0 radical (unpaired) electrons. The van der Waals surface area contributed by atoms with Gasteiger partial charge in [0.1, 0.15) is 5.75 Å². The van der Waals surface area contributed by atoms with Crippen LogP contribution in [0.3, 0.4) is 0 Å². The summed E-state index contributed by atoms with van der Waals surface area (Å²) in [6.45, 7) is 0. The van der Waals surface area contributed by atoms with Gasteiger partial charge in [0, 0.05) is 43.5 Å². The fourth-order valence-electron chi connectivity index (χ4n) is 5.29. The fourth-order valence-corrected chi connectivity index (χ4v) is 5.29. The highest BCUT2D eigenvalue weighted by atomic mass is 16.6. The maximum Gasteiger partial charge on any atom is 0.414 e. The molecule has 0 atom stereocenters. The number of aryl methyl sites for hydroxylation is 1. The Labute approximate surface area is 205 Å². The van der Waals surface area contributed by atoms with E-state index >= 15 is 0 Å². The third-order valence-electron chi connectivity index (χ3n) is 7.07. The van der Waals surface area contributed by atoms with E-state index in [0.29, 0.717) is 12.2 Å². The fraction of sp³-hybridized carbons (Fsp3) is 0.226. The number of carbonyl (C=O) groups excluding carboxylic acids is 1. The Kier molecular flexibility index (Phi) is 5.37. The van der Waals surface area contributed by atoms with Crippen molar-refractivity contribution in [2.45, 2.75) is 32.1 Å². The molecule has 0 saturated carbocycles. The van der Waals surface area contributed by atoms with Crippen LogP contribution in [0.1, 0.15) is 35.4 Å². The van der Waals surface area contributed by atoms with Gasteiger partial charge in [0.2, 0.25) is 0 Å². The monoisotopic (exact) mass is 460 g/mol. The molecule has 1 aliphatic rings. The Bertz CT molecular complexity index is 1600. The molecule has 1 aromatic heterocycles. The van der Waals surface area contributed by atoms with Crippen LogP contribution in [0.2, 0.25) is 0 Å². The molecular weight excluding hydrogens is 432 g/mol. The number of pyridine rings is 1. The maximum atomic E-state index is 12.3. The second kappa shape index (κ2) is 8.70. The summed E-state index contributed by atoms with van der Waals surface area (Å²) in [5.41, 5.74) is 4.31. The van der Waals surface area contributed by atoms with E-state index in [0.717, 1.165) is 42.6 Å². The van der Waals surface area contributed by atoms with E-state index < -0.39 is 0 Å².